The molecule has 3 fully saturated rings. The minimum atomic E-state index is 0.157. The van der Waals surface area contributed by atoms with Gasteiger partial charge in [0.15, 0.2) is 0 Å². The standard InChI is InChI=1S/C19H34N2O/c1-15(2)18(22)21-10-6-19(7-11-21)12-17(13-19)14-20-8-4-16(3)5-9-20/h15-17H,4-14H2,1-3H3. The van der Waals surface area contributed by atoms with Gasteiger partial charge in [-0.3, -0.25) is 4.79 Å². The minimum absolute atomic E-state index is 0.157. The predicted molar refractivity (Wildman–Crippen MR) is 90.6 cm³/mol. The molecule has 1 amide bonds. The minimum Gasteiger partial charge on any atom is -0.342 e. The van der Waals surface area contributed by atoms with Crippen LogP contribution in [0.5, 0.6) is 0 Å². The molecule has 22 heavy (non-hydrogen) atoms. The van der Waals surface area contributed by atoms with Crippen molar-refractivity contribution in [1.29, 1.82) is 0 Å². The van der Waals surface area contributed by atoms with E-state index in [2.05, 4.69) is 16.7 Å². The van der Waals surface area contributed by atoms with E-state index in [1.165, 1.54) is 58.2 Å². The number of hydrogen-bond acceptors (Lipinski definition) is 2. The number of piperidine rings is 2. The topological polar surface area (TPSA) is 23.6 Å². The Labute approximate surface area is 136 Å². The molecule has 0 aromatic heterocycles. The lowest BCUT2D eigenvalue weighted by Gasteiger charge is -2.53. The number of likely N-dealkylation sites (tertiary alicyclic amines) is 2. The fraction of sp³-hybridized carbons (Fsp3) is 0.947. The molecular formula is C19H34N2O. The molecule has 1 aliphatic carbocycles. The van der Waals surface area contributed by atoms with Crippen LogP contribution < -0.4 is 0 Å². The molecule has 2 heterocycles. The monoisotopic (exact) mass is 306 g/mol. The third-order valence-corrected chi connectivity index (χ3v) is 6.47. The first-order valence-corrected chi connectivity index (χ1v) is 9.49. The van der Waals surface area contributed by atoms with Crippen LogP contribution in [0.1, 0.15) is 59.3 Å². The number of amides is 1. The van der Waals surface area contributed by atoms with Crippen LogP contribution in [0.4, 0.5) is 0 Å². The maximum Gasteiger partial charge on any atom is 0.225 e. The maximum absolute atomic E-state index is 12.1. The predicted octanol–water partition coefficient (Wildman–Crippen LogP) is 3.39. The molecule has 0 N–H and O–H groups in total. The second kappa shape index (κ2) is 6.51. The molecule has 3 heteroatoms. The lowest BCUT2D eigenvalue weighted by atomic mass is 9.57. The van der Waals surface area contributed by atoms with Gasteiger partial charge in [0.25, 0.3) is 0 Å². The van der Waals surface area contributed by atoms with E-state index in [1.54, 1.807) is 0 Å². The summed E-state index contributed by atoms with van der Waals surface area (Å²) >= 11 is 0. The van der Waals surface area contributed by atoms with Gasteiger partial charge in [-0.2, -0.15) is 0 Å². The largest absolute Gasteiger partial charge is 0.342 e. The van der Waals surface area contributed by atoms with Crippen LogP contribution in [0.3, 0.4) is 0 Å². The second-order valence-corrected chi connectivity index (χ2v) is 8.74. The highest BCUT2D eigenvalue weighted by Gasteiger charge is 2.46. The van der Waals surface area contributed by atoms with E-state index < -0.39 is 0 Å². The van der Waals surface area contributed by atoms with E-state index >= 15 is 0 Å². The van der Waals surface area contributed by atoms with Crippen molar-refractivity contribution in [2.45, 2.75) is 59.3 Å². The highest BCUT2D eigenvalue weighted by molar-refractivity contribution is 5.78. The van der Waals surface area contributed by atoms with Crippen LogP contribution in [-0.4, -0.2) is 48.4 Å². The van der Waals surface area contributed by atoms with Crippen LogP contribution in [0.2, 0.25) is 0 Å². The Hall–Kier alpha value is -0.570. The van der Waals surface area contributed by atoms with Crippen molar-refractivity contribution in [2.75, 3.05) is 32.7 Å². The summed E-state index contributed by atoms with van der Waals surface area (Å²) in [6.45, 7) is 12.4. The normalized spacial score (nSPS) is 27.4. The molecule has 2 saturated heterocycles. The molecule has 2 aliphatic heterocycles. The highest BCUT2D eigenvalue weighted by Crippen LogP contribution is 2.52. The van der Waals surface area contributed by atoms with Gasteiger partial charge >= 0.3 is 0 Å². The molecule has 0 aromatic carbocycles. The van der Waals surface area contributed by atoms with Gasteiger partial charge in [-0.1, -0.05) is 20.8 Å². The lowest BCUT2D eigenvalue weighted by Crippen LogP contribution is -2.51. The van der Waals surface area contributed by atoms with Crippen LogP contribution in [0.15, 0.2) is 0 Å². The first kappa shape index (κ1) is 16.3. The van der Waals surface area contributed by atoms with Crippen molar-refractivity contribution >= 4 is 5.91 Å². The quantitative estimate of drug-likeness (QED) is 0.798. The van der Waals surface area contributed by atoms with E-state index in [1.807, 2.05) is 13.8 Å². The second-order valence-electron chi connectivity index (χ2n) is 8.74. The zero-order valence-corrected chi connectivity index (χ0v) is 14.8. The van der Waals surface area contributed by atoms with Gasteiger partial charge in [-0.15, -0.1) is 0 Å². The van der Waals surface area contributed by atoms with E-state index in [9.17, 15) is 4.79 Å². The summed E-state index contributed by atoms with van der Waals surface area (Å²) in [7, 11) is 0. The Morgan fingerprint density at radius 1 is 1.09 bits per heavy atom. The molecule has 0 bridgehead atoms. The Morgan fingerprint density at radius 3 is 2.23 bits per heavy atom. The zero-order chi connectivity index (χ0) is 15.7. The Morgan fingerprint density at radius 2 is 1.68 bits per heavy atom. The van der Waals surface area contributed by atoms with E-state index in [0.717, 1.165) is 24.9 Å². The van der Waals surface area contributed by atoms with Crippen LogP contribution in [-0.2, 0) is 4.79 Å². The molecule has 0 atom stereocenters. The SMILES string of the molecule is CC1CCN(CC2CC3(CCN(C(=O)C(C)C)CC3)C2)CC1. The molecule has 3 rings (SSSR count). The molecule has 0 aromatic rings. The van der Waals surface area contributed by atoms with E-state index in [4.69, 9.17) is 0 Å². The molecule has 3 nitrogen and oxygen atoms in total. The fourth-order valence-corrected chi connectivity index (χ4v) is 4.88. The number of rotatable bonds is 3. The first-order valence-electron chi connectivity index (χ1n) is 9.49. The molecule has 0 radical (unpaired) electrons. The van der Waals surface area contributed by atoms with Gasteiger partial charge in [0.05, 0.1) is 0 Å². The fourth-order valence-electron chi connectivity index (χ4n) is 4.88. The summed E-state index contributed by atoms with van der Waals surface area (Å²) in [5.74, 6) is 2.38. The summed E-state index contributed by atoms with van der Waals surface area (Å²) in [5, 5.41) is 0. The van der Waals surface area contributed by atoms with Gasteiger partial charge in [0.1, 0.15) is 0 Å². The van der Waals surface area contributed by atoms with Crippen LogP contribution >= 0.6 is 0 Å². The summed E-state index contributed by atoms with van der Waals surface area (Å²) in [6, 6.07) is 0. The van der Waals surface area contributed by atoms with Gasteiger partial charge in [0, 0.05) is 25.6 Å². The average molecular weight is 306 g/mol. The van der Waals surface area contributed by atoms with Gasteiger partial charge < -0.3 is 9.80 Å². The zero-order valence-electron chi connectivity index (χ0n) is 14.8. The first-order chi connectivity index (χ1) is 10.5. The number of nitrogens with zero attached hydrogens (tertiary/aromatic N) is 2. The molecule has 1 saturated carbocycles. The van der Waals surface area contributed by atoms with Crippen LogP contribution in [0.25, 0.3) is 0 Å². The van der Waals surface area contributed by atoms with E-state index in [-0.39, 0.29) is 5.92 Å². The van der Waals surface area contributed by atoms with Gasteiger partial charge in [0.2, 0.25) is 5.91 Å². The van der Waals surface area contributed by atoms with Crippen molar-refractivity contribution < 1.29 is 4.79 Å². The van der Waals surface area contributed by atoms with Crippen molar-refractivity contribution in [1.82, 2.24) is 9.80 Å². The third-order valence-electron chi connectivity index (χ3n) is 6.47. The van der Waals surface area contributed by atoms with Crippen molar-refractivity contribution in [3.63, 3.8) is 0 Å². The van der Waals surface area contributed by atoms with Gasteiger partial charge in [-0.25, -0.2) is 0 Å². The summed E-state index contributed by atoms with van der Waals surface area (Å²) in [5.41, 5.74) is 0.599. The Kier molecular flexibility index (Phi) is 4.82. The summed E-state index contributed by atoms with van der Waals surface area (Å²) in [6.07, 6.45) is 8.12. The Bertz CT molecular complexity index is 382. The lowest BCUT2D eigenvalue weighted by molar-refractivity contribution is -0.139. The van der Waals surface area contributed by atoms with Crippen molar-refractivity contribution in [3.8, 4) is 0 Å². The maximum atomic E-state index is 12.1. The van der Waals surface area contributed by atoms with E-state index in [0.29, 0.717) is 11.3 Å². The Balaban J connectivity index is 1.39. The van der Waals surface area contributed by atoms with Crippen LogP contribution in [0, 0.1) is 23.2 Å². The highest BCUT2D eigenvalue weighted by atomic mass is 16.2. The number of carbonyl (C=O) groups is 1. The summed E-state index contributed by atoms with van der Waals surface area (Å²) < 4.78 is 0. The summed E-state index contributed by atoms with van der Waals surface area (Å²) in [4.78, 5) is 16.9. The molecule has 3 aliphatic rings. The molecular weight excluding hydrogens is 272 g/mol. The van der Waals surface area contributed by atoms with Crippen molar-refractivity contribution in [2.24, 2.45) is 23.2 Å². The number of carbonyl (C=O) groups excluding carboxylic acids is 1. The average Bonchev–Trinajstić information content (AvgIpc) is 2.48. The number of hydrogen-bond donors (Lipinski definition) is 0. The van der Waals surface area contributed by atoms with Gasteiger partial charge in [-0.05, 0) is 68.9 Å². The molecule has 0 unspecified atom stereocenters. The third kappa shape index (κ3) is 3.50. The molecule has 1 spiro atoms. The smallest absolute Gasteiger partial charge is 0.225 e. The van der Waals surface area contributed by atoms with Crippen molar-refractivity contribution in [3.05, 3.63) is 0 Å². The molecule has 126 valence electrons.